The van der Waals surface area contributed by atoms with E-state index in [9.17, 15) is 0 Å². The summed E-state index contributed by atoms with van der Waals surface area (Å²) in [5.41, 5.74) is 0. The standard InChI is InChI=1S/5BrH.15ClH.4V/h20*1H;;;;/q;;;;;;;;;;;;;;;;;;;;4*+5/p-20. The van der Waals surface area contributed by atoms with Gasteiger partial charge in [-0.05, 0) is 0 Å². The third-order valence-corrected chi connectivity index (χ3v) is 0. The molecule has 24 heteroatoms. The van der Waals surface area contributed by atoms with Crippen LogP contribution in [0.2, 0.25) is 0 Å². The SMILES string of the molecule is [Br-].[Br-].[Br-].[Br-].[Br-].[Cl-].[Cl-].[Cl-].[Cl-].[Cl-].[Cl-].[Cl-].[Cl-].[Cl-].[Cl-].[Cl-].[Cl-].[Cl-].[Cl-].[Cl-].[V+5].[V+5].[V+5].[V+5]. The first-order valence-corrected chi connectivity index (χ1v) is 0. The van der Waals surface area contributed by atoms with Crippen LogP contribution in [0.1, 0.15) is 0 Å². The molecule has 0 saturated carbocycles. The smallest absolute Gasteiger partial charge is 1.00 e. The summed E-state index contributed by atoms with van der Waals surface area (Å²) in [5.74, 6) is 0. The van der Waals surface area contributed by atoms with Gasteiger partial charge in [-0.2, -0.15) is 0 Å². The van der Waals surface area contributed by atoms with Gasteiger partial charge in [-0.25, -0.2) is 0 Å². The van der Waals surface area contributed by atoms with E-state index in [1.54, 1.807) is 0 Å². The third kappa shape index (κ3) is 341. The molecular weight excluding hydrogens is 1140 g/mol. The van der Waals surface area contributed by atoms with Crippen molar-refractivity contribution in [2.45, 2.75) is 0 Å². The molecule has 0 aromatic rings. The Hall–Kier alpha value is 9.09. The summed E-state index contributed by atoms with van der Waals surface area (Å²) in [5, 5.41) is 0. The molecular formula is Br5Cl15V4. The van der Waals surface area contributed by atoms with E-state index in [-0.39, 0.29) is 345 Å². The van der Waals surface area contributed by atoms with Gasteiger partial charge in [-0.15, -0.1) is 0 Å². The van der Waals surface area contributed by atoms with Crippen molar-refractivity contribution in [1.29, 1.82) is 0 Å². The van der Waals surface area contributed by atoms with E-state index in [0.717, 1.165) is 0 Å². The molecule has 160 valence electrons. The zero-order valence-electron chi connectivity index (χ0n) is 9.35. The second-order valence-corrected chi connectivity index (χ2v) is 0. The quantitative estimate of drug-likeness (QED) is 0.227. The van der Waals surface area contributed by atoms with Crippen LogP contribution in [0.3, 0.4) is 0 Å². The maximum absolute atomic E-state index is 0. The monoisotopic (exact) mass is 1120 g/mol. The Morgan fingerprint density at radius 1 is 0.125 bits per heavy atom. The average molecular weight is 1140 g/mol. The van der Waals surface area contributed by atoms with Crippen LogP contribution in [0.15, 0.2) is 0 Å². The number of hydrogen-bond acceptors (Lipinski definition) is 0. The maximum Gasteiger partial charge on any atom is 5.00 e. The van der Waals surface area contributed by atoms with E-state index in [2.05, 4.69) is 0 Å². The Bertz CT molecular complexity index is 31.8. The number of hydrogen-bond donors (Lipinski definition) is 0. The zero-order valence-corrected chi connectivity index (χ0v) is 34.2. The predicted molar refractivity (Wildman–Crippen MR) is 0 cm³/mol. The Kier molecular flexibility index (Phi) is 6450. The van der Waals surface area contributed by atoms with Crippen molar-refractivity contribution in [2.75, 3.05) is 0 Å². The maximum atomic E-state index is 0. The molecule has 0 atom stereocenters. The Morgan fingerprint density at radius 2 is 0.125 bits per heavy atom. The fraction of sp³-hybridized carbons (Fsp3) is 0. The summed E-state index contributed by atoms with van der Waals surface area (Å²) in [7, 11) is 0. The van der Waals surface area contributed by atoms with Crippen molar-refractivity contribution in [3.63, 3.8) is 0 Å². The van der Waals surface area contributed by atoms with Gasteiger partial charge in [-0.3, -0.25) is 0 Å². The van der Waals surface area contributed by atoms with E-state index >= 15 is 0 Å². The first-order chi connectivity index (χ1) is 0. The molecule has 24 heavy (non-hydrogen) atoms. The van der Waals surface area contributed by atoms with E-state index in [4.69, 9.17) is 0 Å². The van der Waals surface area contributed by atoms with Crippen LogP contribution in [0.25, 0.3) is 0 Å². The molecule has 0 unspecified atom stereocenters. The molecule has 0 saturated heterocycles. The van der Waals surface area contributed by atoms with E-state index in [1.165, 1.54) is 0 Å². The summed E-state index contributed by atoms with van der Waals surface area (Å²) in [4.78, 5) is 0. The molecule has 0 rings (SSSR count). The van der Waals surface area contributed by atoms with Gasteiger partial charge in [0.15, 0.2) is 0 Å². The molecule has 0 aromatic carbocycles. The Morgan fingerprint density at radius 3 is 0.125 bits per heavy atom. The molecule has 0 aliphatic rings. The van der Waals surface area contributed by atoms with Crippen molar-refractivity contribution in [3.8, 4) is 0 Å². The zero-order chi connectivity index (χ0) is 0. The van der Waals surface area contributed by atoms with Gasteiger partial charge in [0.25, 0.3) is 0 Å². The van der Waals surface area contributed by atoms with Gasteiger partial charge in [-0.1, -0.05) is 0 Å². The predicted octanol–water partition coefficient (Wildman–Crippen LogP) is -59.9. The molecule has 0 aromatic heterocycles. The first-order valence-electron chi connectivity index (χ1n) is 0. The van der Waals surface area contributed by atoms with Gasteiger partial charge in [0, 0.05) is 0 Å². The second kappa shape index (κ2) is 375. The fourth-order valence-corrected chi connectivity index (χ4v) is 0. The van der Waals surface area contributed by atoms with Gasteiger partial charge in [0.2, 0.25) is 0 Å². The number of rotatable bonds is 0. The summed E-state index contributed by atoms with van der Waals surface area (Å²) >= 11 is 0. The largest absolute Gasteiger partial charge is 5.00 e. The Balaban J connectivity index is 0. The van der Waals surface area contributed by atoms with Crippen molar-refractivity contribution < 1.29 is 345 Å². The van der Waals surface area contributed by atoms with Crippen LogP contribution in [-0.4, -0.2) is 0 Å². The van der Waals surface area contributed by atoms with Crippen LogP contribution < -0.4 is 271 Å². The van der Waals surface area contributed by atoms with Crippen molar-refractivity contribution in [2.24, 2.45) is 0 Å². The summed E-state index contributed by atoms with van der Waals surface area (Å²) < 4.78 is 0. The normalized spacial score (nSPS) is 0. The third-order valence-electron chi connectivity index (χ3n) is 0. The van der Waals surface area contributed by atoms with Gasteiger partial charge >= 0.3 is 74.2 Å². The molecule has 0 bridgehead atoms. The van der Waals surface area contributed by atoms with Crippen LogP contribution >= 0.6 is 0 Å². The second-order valence-electron chi connectivity index (χ2n) is 0. The van der Waals surface area contributed by atoms with Gasteiger partial charge < -0.3 is 271 Å². The van der Waals surface area contributed by atoms with E-state index in [1.807, 2.05) is 0 Å². The minimum Gasteiger partial charge on any atom is -1.00 e. The summed E-state index contributed by atoms with van der Waals surface area (Å²) in [6.45, 7) is 0. The summed E-state index contributed by atoms with van der Waals surface area (Å²) in [6.07, 6.45) is 0. The Labute approximate surface area is 338 Å². The molecule has 0 nitrogen and oxygen atoms in total. The molecule has 0 N–H and O–H groups in total. The molecule has 0 aliphatic carbocycles. The molecule has 0 fully saturated rings. The van der Waals surface area contributed by atoms with Gasteiger partial charge in [0.1, 0.15) is 0 Å². The first kappa shape index (κ1) is 413. The summed E-state index contributed by atoms with van der Waals surface area (Å²) in [6, 6.07) is 0. The fourth-order valence-electron chi connectivity index (χ4n) is 0. The molecule has 0 amide bonds. The van der Waals surface area contributed by atoms with Crippen LogP contribution in [0.5, 0.6) is 0 Å². The number of halogens is 20. The molecule has 0 aliphatic heterocycles. The molecule has 0 heterocycles. The van der Waals surface area contributed by atoms with E-state index in [0.29, 0.717) is 0 Å². The topological polar surface area (TPSA) is 0 Å². The molecule has 0 spiro atoms. The minimum atomic E-state index is 0. The minimum absolute atomic E-state index is 0. The van der Waals surface area contributed by atoms with Crippen molar-refractivity contribution >= 4 is 0 Å². The average Bonchev–Trinajstić information content (AvgIpc) is 0. The molecule has 0 radical (unpaired) electrons. The van der Waals surface area contributed by atoms with Crippen LogP contribution in [0.4, 0.5) is 0 Å². The van der Waals surface area contributed by atoms with Crippen LogP contribution in [-0.2, 0) is 74.2 Å². The van der Waals surface area contributed by atoms with Gasteiger partial charge in [0.05, 0.1) is 0 Å². The van der Waals surface area contributed by atoms with E-state index < -0.39 is 0 Å². The van der Waals surface area contributed by atoms with Crippen LogP contribution in [0, 0.1) is 0 Å². The van der Waals surface area contributed by atoms with Crippen molar-refractivity contribution in [3.05, 3.63) is 0 Å². The van der Waals surface area contributed by atoms with Crippen molar-refractivity contribution in [1.82, 2.24) is 0 Å².